The molecule has 2 rings (SSSR count). The van der Waals surface area contributed by atoms with Crippen LogP contribution in [0.5, 0.6) is 0 Å². The van der Waals surface area contributed by atoms with Gasteiger partial charge >= 0.3 is 6.09 Å². The zero-order valence-electron chi connectivity index (χ0n) is 12.5. The van der Waals surface area contributed by atoms with Crippen molar-refractivity contribution in [2.24, 2.45) is 0 Å². The molecule has 0 saturated heterocycles. The van der Waals surface area contributed by atoms with Gasteiger partial charge in [0.15, 0.2) is 0 Å². The highest BCUT2D eigenvalue weighted by molar-refractivity contribution is 6.21. The number of para-hydroxylation sites is 1. The minimum absolute atomic E-state index is 0.104. The summed E-state index contributed by atoms with van der Waals surface area (Å²) >= 11 is 6.02. The number of fused-ring (bicyclic) bond motifs is 1. The first-order valence-corrected chi connectivity index (χ1v) is 7.32. The molecule has 5 heteroatoms. The molecule has 0 amide bonds. The molecular formula is C16H20ClNO3. The third-order valence-electron chi connectivity index (χ3n) is 3.02. The summed E-state index contributed by atoms with van der Waals surface area (Å²) < 4.78 is 6.92. The van der Waals surface area contributed by atoms with Gasteiger partial charge < -0.3 is 9.84 Å². The quantitative estimate of drug-likeness (QED) is 0.882. The van der Waals surface area contributed by atoms with Gasteiger partial charge in [0.2, 0.25) is 0 Å². The van der Waals surface area contributed by atoms with Crippen LogP contribution < -0.4 is 0 Å². The number of halogens is 1. The average molecular weight is 310 g/mol. The zero-order chi connectivity index (χ0) is 15.6. The Balaban J connectivity index is 2.42. The first kappa shape index (κ1) is 15.9. The molecule has 21 heavy (non-hydrogen) atoms. The number of carbonyl (C=O) groups is 1. The molecule has 0 fully saturated rings. The second-order valence-electron chi connectivity index (χ2n) is 6.01. The van der Waals surface area contributed by atoms with Gasteiger partial charge in [-0.15, -0.1) is 11.6 Å². The van der Waals surface area contributed by atoms with E-state index in [4.69, 9.17) is 21.4 Å². The largest absolute Gasteiger partial charge is 0.443 e. The minimum Gasteiger partial charge on any atom is -0.443 e. The van der Waals surface area contributed by atoms with Crippen molar-refractivity contribution in [2.75, 3.05) is 6.61 Å². The second kappa shape index (κ2) is 6.08. The van der Waals surface area contributed by atoms with Crippen molar-refractivity contribution in [1.82, 2.24) is 4.57 Å². The van der Waals surface area contributed by atoms with Crippen molar-refractivity contribution in [3.8, 4) is 0 Å². The van der Waals surface area contributed by atoms with Crippen molar-refractivity contribution in [3.05, 3.63) is 36.0 Å². The normalized spacial score (nSPS) is 13.4. The monoisotopic (exact) mass is 309 g/mol. The summed E-state index contributed by atoms with van der Waals surface area (Å²) in [5.41, 5.74) is 1.15. The van der Waals surface area contributed by atoms with Gasteiger partial charge in [0.05, 0.1) is 17.5 Å². The number of aliphatic hydroxyl groups is 1. The third-order valence-corrected chi connectivity index (χ3v) is 3.32. The lowest BCUT2D eigenvalue weighted by atomic mass is 10.1. The van der Waals surface area contributed by atoms with Crippen LogP contribution >= 0.6 is 11.6 Å². The Morgan fingerprint density at radius 3 is 2.67 bits per heavy atom. The van der Waals surface area contributed by atoms with Crippen molar-refractivity contribution in [1.29, 1.82) is 0 Å². The van der Waals surface area contributed by atoms with E-state index in [1.54, 1.807) is 6.20 Å². The van der Waals surface area contributed by atoms with Gasteiger partial charge in [-0.3, -0.25) is 4.57 Å². The van der Waals surface area contributed by atoms with Crippen LogP contribution in [0.1, 0.15) is 26.3 Å². The number of nitrogens with zero attached hydrogens (tertiary/aromatic N) is 1. The van der Waals surface area contributed by atoms with Crippen LogP contribution in [0.25, 0.3) is 10.9 Å². The molecule has 114 valence electrons. The molecule has 0 spiro atoms. The van der Waals surface area contributed by atoms with E-state index in [1.807, 2.05) is 45.0 Å². The predicted molar refractivity (Wildman–Crippen MR) is 84.0 cm³/mol. The van der Waals surface area contributed by atoms with E-state index in [0.29, 0.717) is 6.42 Å². The first-order chi connectivity index (χ1) is 9.81. The molecular weight excluding hydrogens is 290 g/mol. The van der Waals surface area contributed by atoms with Gasteiger partial charge in [0.25, 0.3) is 0 Å². The Bertz CT molecular complexity index is 642. The van der Waals surface area contributed by atoms with E-state index in [2.05, 4.69) is 0 Å². The summed E-state index contributed by atoms with van der Waals surface area (Å²) in [6.45, 7) is 5.39. The summed E-state index contributed by atoms with van der Waals surface area (Å²) in [5.74, 6) is 0. The number of ether oxygens (including phenoxy) is 1. The highest BCUT2D eigenvalue weighted by atomic mass is 35.5. The van der Waals surface area contributed by atoms with Gasteiger partial charge in [0.1, 0.15) is 5.60 Å². The van der Waals surface area contributed by atoms with Gasteiger partial charge in [-0.1, -0.05) is 18.2 Å². The van der Waals surface area contributed by atoms with Gasteiger partial charge in [-0.2, -0.15) is 0 Å². The topological polar surface area (TPSA) is 51.5 Å². The smallest absolute Gasteiger partial charge is 0.419 e. The lowest BCUT2D eigenvalue weighted by Gasteiger charge is -2.19. The number of rotatable bonds is 3. The highest BCUT2D eigenvalue weighted by Gasteiger charge is 2.21. The van der Waals surface area contributed by atoms with Crippen LogP contribution in [0.15, 0.2) is 30.5 Å². The van der Waals surface area contributed by atoms with Crippen LogP contribution in [0.2, 0.25) is 0 Å². The number of alkyl halides is 1. The molecule has 0 aliphatic carbocycles. The maximum atomic E-state index is 12.3. The van der Waals surface area contributed by atoms with Crippen LogP contribution in [-0.4, -0.2) is 33.4 Å². The first-order valence-electron chi connectivity index (χ1n) is 6.89. The molecule has 1 aromatic carbocycles. The molecule has 1 N–H and O–H groups in total. The fourth-order valence-corrected chi connectivity index (χ4v) is 2.34. The molecule has 1 atom stereocenters. The Morgan fingerprint density at radius 1 is 1.38 bits per heavy atom. The minimum atomic E-state index is -0.553. The molecule has 1 aromatic heterocycles. The van der Waals surface area contributed by atoms with E-state index >= 15 is 0 Å². The standard InChI is InChI=1S/C16H20ClNO3/c1-16(2,3)21-15(20)18-9-11(8-12(17)10-19)13-6-4-5-7-14(13)18/h4-7,9,12,19H,8,10H2,1-3H3/t12-/m0/s1. The van der Waals surface area contributed by atoms with E-state index in [9.17, 15) is 4.79 Å². The van der Waals surface area contributed by atoms with Crippen LogP contribution in [0, 0.1) is 0 Å². The summed E-state index contributed by atoms with van der Waals surface area (Å²) in [4.78, 5) is 12.3. The molecule has 0 bridgehead atoms. The highest BCUT2D eigenvalue weighted by Crippen LogP contribution is 2.24. The fraction of sp³-hybridized carbons (Fsp3) is 0.438. The Labute approximate surface area is 129 Å². The molecule has 0 unspecified atom stereocenters. The van der Waals surface area contributed by atoms with Gasteiger partial charge in [-0.05, 0) is 38.8 Å². The third kappa shape index (κ3) is 3.77. The molecule has 2 aromatic rings. The average Bonchev–Trinajstić information content (AvgIpc) is 2.76. The SMILES string of the molecule is CC(C)(C)OC(=O)n1cc(C[C@H](Cl)CO)c2ccccc21. The lowest BCUT2D eigenvalue weighted by molar-refractivity contribution is 0.0544. The van der Waals surface area contributed by atoms with Crippen LogP contribution in [-0.2, 0) is 11.2 Å². The second-order valence-corrected chi connectivity index (χ2v) is 6.62. The number of hydrogen-bond donors (Lipinski definition) is 1. The molecule has 4 nitrogen and oxygen atoms in total. The predicted octanol–water partition coefficient (Wildman–Crippen LogP) is 3.57. The summed E-state index contributed by atoms with van der Waals surface area (Å²) in [6.07, 6.45) is 1.82. The number of carbonyl (C=O) groups excluding carboxylic acids is 1. The van der Waals surface area contributed by atoms with Gasteiger partial charge in [-0.25, -0.2) is 4.79 Å². The summed E-state index contributed by atoms with van der Waals surface area (Å²) in [6, 6.07) is 7.59. The maximum absolute atomic E-state index is 12.3. The zero-order valence-corrected chi connectivity index (χ0v) is 13.2. The van der Waals surface area contributed by atoms with Crippen LogP contribution in [0.4, 0.5) is 4.79 Å². The van der Waals surface area contributed by atoms with Crippen molar-refractivity contribution < 1.29 is 14.6 Å². The van der Waals surface area contributed by atoms with Crippen molar-refractivity contribution >= 4 is 28.6 Å². The Hall–Kier alpha value is -1.52. The van der Waals surface area contributed by atoms with E-state index < -0.39 is 11.7 Å². The molecule has 0 aliphatic heterocycles. The summed E-state index contributed by atoms with van der Waals surface area (Å²) in [5, 5.41) is 9.68. The Kier molecular flexibility index (Phi) is 4.59. The number of aromatic nitrogens is 1. The summed E-state index contributed by atoms with van der Waals surface area (Å²) in [7, 11) is 0. The van der Waals surface area contributed by atoms with E-state index in [0.717, 1.165) is 16.5 Å². The van der Waals surface area contributed by atoms with Crippen molar-refractivity contribution in [3.63, 3.8) is 0 Å². The number of benzene rings is 1. The number of aliphatic hydroxyl groups excluding tert-OH is 1. The fourth-order valence-electron chi connectivity index (χ4n) is 2.18. The van der Waals surface area contributed by atoms with E-state index in [1.165, 1.54) is 4.57 Å². The van der Waals surface area contributed by atoms with Crippen LogP contribution in [0.3, 0.4) is 0 Å². The number of hydrogen-bond acceptors (Lipinski definition) is 3. The molecule has 0 aliphatic rings. The maximum Gasteiger partial charge on any atom is 0.419 e. The lowest BCUT2D eigenvalue weighted by Crippen LogP contribution is -2.26. The van der Waals surface area contributed by atoms with Crippen molar-refractivity contribution in [2.45, 2.75) is 38.2 Å². The molecule has 1 heterocycles. The van der Waals surface area contributed by atoms with E-state index in [-0.39, 0.29) is 12.0 Å². The van der Waals surface area contributed by atoms with Gasteiger partial charge in [0, 0.05) is 11.6 Å². The molecule has 0 saturated carbocycles. The molecule has 0 radical (unpaired) electrons. The Morgan fingerprint density at radius 2 is 2.05 bits per heavy atom.